The fourth-order valence-electron chi connectivity index (χ4n) is 3.18. The first-order valence-corrected chi connectivity index (χ1v) is 12.1. The lowest BCUT2D eigenvalue weighted by atomic mass is 9.87. The van der Waals surface area contributed by atoms with Crippen molar-refractivity contribution in [2.24, 2.45) is 0 Å². The van der Waals surface area contributed by atoms with Crippen molar-refractivity contribution in [3.8, 4) is 0 Å². The van der Waals surface area contributed by atoms with E-state index in [-0.39, 0.29) is 25.0 Å². The molecule has 0 aliphatic rings. The molecule has 22 heteroatoms. The van der Waals surface area contributed by atoms with Gasteiger partial charge in [-0.1, -0.05) is 44.0 Å². The number of benzene rings is 1. The minimum atomic E-state index is -8.76. The number of Topliss-reactive ketones (excluding diaryl/α,β-unsaturated/α-hetero) is 1. The van der Waals surface area contributed by atoms with E-state index in [0.29, 0.717) is 0 Å². The van der Waals surface area contributed by atoms with Crippen molar-refractivity contribution >= 4 is 15.9 Å². The Balaban J connectivity index is 3.64. The van der Waals surface area contributed by atoms with Gasteiger partial charge in [-0.05, 0) is 6.42 Å². The number of alkyl halides is 17. The second-order valence-electron chi connectivity index (χ2n) is 8.61. The Morgan fingerprint density at radius 2 is 1.02 bits per heavy atom. The summed E-state index contributed by atoms with van der Waals surface area (Å²) in [5.41, 5.74) is -3.57. The van der Waals surface area contributed by atoms with Crippen LogP contribution >= 0.6 is 0 Å². The van der Waals surface area contributed by atoms with Crippen LogP contribution in [0.1, 0.15) is 42.1 Å². The van der Waals surface area contributed by atoms with Gasteiger partial charge in [-0.2, -0.15) is 83.1 Å². The van der Waals surface area contributed by atoms with Gasteiger partial charge >= 0.3 is 47.6 Å². The molecule has 4 nitrogen and oxygen atoms in total. The van der Waals surface area contributed by atoms with Crippen molar-refractivity contribution in [1.82, 2.24) is 0 Å². The highest BCUT2D eigenvalue weighted by Crippen LogP contribution is 2.65. The second kappa shape index (κ2) is 11.0. The second-order valence-corrected chi connectivity index (χ2v) is 10.2. The molecular weight excluding hydrogens is 659 g/mol. The van der Waals surface area contributed by atoms with Crippen LogP contribution in [0.15, 0.2) is 24.3 Å². The molecule has 244 valence electrons. The van der Waals surface area contributed by atoms with Crippen molar-refractivity contribution in [3.05, 3.63) is 35.4 Å². The van der Waals surface area contributed by atoms with Crippen LogP contribution in [0.25, 0.3) is 0 Å². The molecule has 1 rings (SSSR count). The molecule has 0 amide bonds. The topological polar surface area (TPSA) is 71.4 Å². The summed E-state index contributed by atoms with van der Waals surface area (Å²) < 4.78 is 260. The minimum Gasteiger partial charge on any atom is -0.293 e. The predicted octanol–water partition coefficient (Wildman–Crippen LogP) is 7.78. The van der Waals surface area contributed by atoms with Crippen molar-refractivity contribution < 1.29 is 92.4 Å². The van der Waals surface area contributed by atoms with Gasteiger partial charge in [0.2, 0.25) is 0 Å². The Morgan fingerprint density at radius 1 is 0.667 bits per heavy atom. The Labute approximate surface area is 223 Å². The zero-order chi connectivity index (χ0) is 33.8. The van der Waals surface area contributed by atoms with Crippen LogP contribution in [-0.4, -0.2) is 65.7 Å². The van der Waals surface area contributed by atoms with Crippen molar-refractivity contribution in [2.45, 2.75) is 79.1 Å². The lowest BCUT2D eigenvalue weighted by Gasteiger charge is -2.42. The van der Waals surface area contributed by atoms with Crippen molar-refractivity contribution in [3.63, 3.8) is 0 Å². The highest BCUT2D eigenvalue weighted by Gasteiger charge is 2.95. The molecule has 1 aromatic rings. The molecular formula is C20H15F17O4S. The lowest BCUT2D eigenvalue weighted by molar-refractivity contribution is -0.462. The number of halogens is 17. The Hall–Kier alpha value is -2.39. The number of hydrogen-bond acceptors (Lipinski definition) is 3. The summed E-state index contributed by atoms with van der Waals surface area (Å²) in [4.78, 5) is 12.3. The quantitative estimate of drug-likeness (QED) is 0.132. The molecule has 0 spiro atoms. The van der Waals surface area contributed by atoms with Gasteiger partial charge in [-0.3, -0.25) is 9.35 Å². The number of ketones is 1. The molecule has 0 aliphatic carbocycles. The summed E-state index contributed by atoms with van der Waals surface area (Å²) >= 11 is 0. The minimum absolute atomic E-state index is 0.00525. The Morgan fingerprint density at radius 3 is 1.36 bits per heavy atom. The van der Waals surface area contributed by atoms with Gasteiger partial charge in [0.15, 0.2) is 5.78 Å². The lowest BCUT2D eigenvalue weighted by Crippen LogP contribution is -2.74. The molecule has 1 atom stereocenters. The molecule has 0 saturated carbocycles. The Kier molecular flexibility index (Phi) is 9.82. The molecule has 0 aromatic heterocycles. The number of unbranched alkanes of at least 4 members (excludes halogenated alkanes) is 1. The van der Waals surface area contributed by atoms with E-state index in [1.165, 1.54) is 6.92 Å². The highest BCUT2D eigenvalue weighted by atomic mass is 32.2. The fraction of sp³-hybridized carbons (Fsp3) is 0.650. The fourth-order valence-corrected chi connectivity index (χ4v) is 4.05. The molecule has 0 fully saturated rings. The maximum atomic E-state index is 14.4. The van der Waals surface area contributed by atoms with Gasteiger partial charge in [-0.15, -0.1) is 0 Å². The van der Waals surface area contributed by atoms with Gasteiger partial charge in [0.05, 0.1) is 0 Å². The first kappa shape index (κ1) is 37.6. The summed E-state index contributed by atoms with van der Waals surface area (Å²) in [6.45, 7) is 1.49. The van der Waals surface area contributed by atoms with Crippen LogP contribution in [0.2, 0.25) is 0 Å². The molecule has 42 heavy (non-hydrogen) atoms. The van der Waals surface area contributed by atoms with Crippen LogP contribution in [0.4, 0.5) is 74.6 Å². The van der Waals surface area contributed by atoms with Crippen molar-refractivity contribution in [1.29, 1.82) is 0 Å². The first-order chi connectivity index (χ1) is 18.3. The molecule has 1 unspecified atom stereocenters. The van der Waals surface area contributed by atoms with E-state index >= 15 is 0 Å². The summed E-state index contributed by atoms with van der Waals surface area (Å²) in [5.74, 6) is -59.3. The molecule has 0 aliphatic heterocycles. The van der Waals surface area contributed by atoms with E-state index in [0.717, 1.165) is 0 Å². The van der Waals surface area contributed by atoms with E-state index in [1.807, 2.05) is 0 Å². The smallest absolute Gasteiger partial charge is 0.293 e. The SMILES string of the molecule is CCCCC(C(=O)c1ccc(C(F)(F)C(F)(F)C(F)(F)C(F)(F)C(F)(F)C(F)(F)C(F)(F)C(F)(F)F)cc1)S(=O)(=O)O. The average molecular weight is 674 g/mol. The zero-order valence-electron chi connectivity index (χ0n) is 20.0. The van der Waals surface area contributed by atoms with Gasteiger partial charge in [0.1, 0.15) is 5.25 Å². The van der Waals surface area contributed by atoms with Gasteiger partial charge in [-0.25, -0.2) is 0 Å². The predicted molar refractivity (Wildman–Crippen MR) is 105 cm³/mol. The summed E-state index contributed by atoms with van der Waals surface area (Å²) in [6, 6.07) is -0.898. The molecule has 0 saturated heterocycles. The summed E-state index contributed by atoms with van der Waals surface area (Å²) in [7, 11) is -5.18. The van der Waals surface area contributed by atoms with Crippen molar-refractivity contribution in [2.75, 3.05) is 0 Å². The van der Waals surface area contributed by atoms with Crippen LogP contribution in [0, 0.1) is 0 Å². The van der Waals surface area contributed by atoms with E-state index in [4.69, 9.17) is 4.55 Å². The third-order valence-corrected chi connectivity index (χ3v) is 6.89. The molecule has 1 N–H and O–H groups in total. The van der Waals surface area contributed by atoms with Crippen LogP contribution in [0.5, 0.6) is 0 Å². The van der Waals surface area contributed by atoms with Crippen LogP contribution in [0.3, 0.4) is 0 Å². The Bertz CT molecular complexity index is 1240. The van der Waals surface area contributed by atoms with E-state index in [9.17, 15) is 87.8 Å². The molecule has 1 aromatic carbocycles. The monoisotopic (exact) mass is 674 g/mol. The summed E-state index contributed by atoms with van der Waals surface area (Å²) in [6.07, 6.45) is -8.25. The van der Waals surface area contributed by atoms with E-state index in [1.54, 1.807) is 0 Å². The van der Waals surface area contributed by atoms with Crippen LogP contribution < -0.4 is 0 Å². The molecule has 0 radical (unpaired) electrons. The zero-order valence-corrected chi connectivity index (χ0v) is 20.8. The highest BCUT2D eigenvalue weighted by molar-refractivity contribution is 7.87. The van der Waals surface area contributed by atoms with E-state index < -0.39 is 98.5 Å². The van der Waals surface area contributed by atoms with Gasteiger partial charge in [0, 0.05) is 11.1 Å². The van der Waals surface area contributed by atoms with E-state index in [2.05, 4.69) is 0 Å². The maximum Gasteiger partial charge on any atom is 0.460 e. The molecule has 0 heterocycles. The number of hydrogen-bond donors (Lipinski definition) is 1. The summed E-state index contributed by atoms with van der Waals surface area (Å²) in [5, 5.41) is -2.27. The largest absolute Gasteiger partial charge is 0.460 e. The number of carbonyl (C=O) groups is 1. The standard InChI is InChI=1S/C20H15F17O4S/c1-2-3-4-11(42(39,40)41)12(38)9-5-7-10(8-6-9)13(21,22)14(23,24)15(25,26)16(27,28)17(29,30)18(31,32)19(33,34)20(35,36)37/h5-8,11H,2-4H2,1H3,(H,39,40,41). The van der Waals surface area contributed by atoms with Crippen LogP contribution in [-0.2, 0) is 16.0 Å². The number of carbonyl (C=O) groups excluding carboxylic acids is 1. The van der Waals surface area contributed by atoms with Gasteiger partial charge in [0.25, 0.3) is 10.1 Å². The number of rotatable bonds is 13. The third kappa shape index (κ3) is 5.63. The average Bonchev–Trinajstić information content (AvgIpc) is 2.81. The van der Waals surface area contributed by atoms with Gasteiger partial charge < -0.3 is 0 Å². The first-order valence-electron chi connectivity index (χ1n) is 10.6. The third-order valence-electron chi connectivity index (χ3n) is 5.73. The molecule has 0 bridgehead atoms. The normalized spacial score (nSPS) is 16.0. The maximum absolute atomic E-state index is 14.4.